The zero-order chi connectivity index (χ0) is 19.5. The number of benzene rings is 2. The van der Waals surface area contributed by atoms with Crippen molar-refractivity contribution in [1.29, 1.82) is 0 Å². The maximum Gasteiger partial charge on any atom is 0.221 e. The lowest BCUT2D eigenvalue weighted by Gasteiger charge is -2.07. The Morgan fingerprint density at radius 2 is 1.82 bits per heavy atom. The predicted molar refractivity (Wildman–Crippen MR) is 108 cm³/mol. The number of fused-ring (bicyclic) bond motifs is 1. The molecule has 0 spiro atoms. The first-order chi connectivity index (χ1) is 13.6. The summed E-state index contributed by atoms with van der Waals surface area (Å²) in [7, 11) is 0. The van der Waals surface area contributed by atoms with E-state index < -0.39 is 0 Å². The lowest BCUT2D eigenvalue weighted by atomic mass is 10.1. The lowest BCUT2D eigenvalue weighted by Crippen LogP contribution is -2.15. The Balaban J connectivity index is 1.69. The van der Waals surface area contributed by atoms with E-state index in [1.54, 1.807) is 47.0 Å². The number of nitrogens with zero attached hydrogens (tertiary/aromatic N) is 2. The number of Topliss-reactive ketones (excluding diaryl/α,β-unsaturated/α-hetero) is 1. The summed E-state index contributed by atoms with van der Waals surface area (Å²) in [4.78, 5) is 29.9. The van der Waals surface area contributed by atoms with E-state index in [0.29, 0.717) is 21.9 Å². The van der Waals surface area contributed by atoms with Gasteiger partial charge in [-0.2, -0.15) is 0 Å². The zero-order valence-electron chi connectivity index (χ0n) is 14.7. The van der Waals surface area contributed by atoms with E-state index in [2.05, 4.69) is 4.98 Å². The monoisotopic (exact) mass is 390 g/mol. The van der Waals surface area contributed by atoms with Crippen LogP contribution in [0.3, 0.4) is 0 Å². The molecule has 0 aliphatic heterocycles. The van der Waals surface area contributed by atoms with Crippen LogP contribution in [0.5, 0.6) is 0 Å². The van der Waals surface area contributed by atoms with Crippen LogP contribution in [0, 0.1) is 0 Å². The molecular formula is C22H15ClN2O3. The van der Waals surface area contributed by atoms with Gasteiger partial charge in [-0.1, -0.05) is 23.7 Å². The summed E-state index contributed by atoms with van der Waals surface area (Å²) >= 11 is 5.89. The van der Waals surface area contributed by atoms with Crippen molar-refractivity contribution >= 4 is 40.3 Å². The molecule has 5 nitrogen and oxygen atoms in total. The molecule has 0 aliphatic rings. The van der Waals surface area contributed by atoms with Crippen LogP contribution in [0.25, 0.3) is 17.1 Å². The molecule has 0 saturated heterocycles. The molecule has 2 heterocycles. The van der Waals surface area contributed by atoms with Crippen molar-refractivity contribution in [3.8, 4) is 0 Å². The van der Waals surface area contributed by atoms with Crippen molar-refractivity contribution in [2.45, 2.75) is 6.54 Å². The molecule has 2 aromatic heterocycles. The number of furan rings is 1. The highest BCUT2D eigenvalue weighted by atomic mass is 35.5. The molecule has 138 valence electrons. The second kappa shape index (κ2) is 7.66. The van der Waals surface area contributed by atoms with Crippen LogP contribution in [-0.4, -0.2) is 21.1 Å². The molecule has 0 radical (unpaired) electrons. The van der Waals surface area contributed by atoms with Crippen molar-refractivity contribution in [2.24, 2.45) is 0 Å². The molecule has 0 atom stereocenters. The molecule has 28 heavy (non-hydrogen) atoms. The summed E-state index contributed by atoms with van der Waals surface area (Å²) in [5, 5.41) is 0.559. The van der Waals surface area contributed by atoms with Gasteiger partial charge in [-0.05, 0) is 60.7 Å². The van der Waals surface area contributed by atoms with E-state index in [1.165, 1.54) is 12.3 Å². The number of aromatic nitrogens is 2. The SMILES string of the molecule is O=C(Cn1c(C(=O)C=Cc2ccco2)nc2ccccc21)c1ccc(Cl)cc1. The smallest absolute Gasteiger partial charge is 0.221 e. The molecule has 6 heteroatoms. The van der Waals surface area contributed by atoms with Gasteiger partial charge in [0.25, 0.3) is 0 Å². The molecule has 0 unspecified atom stereocenters. The highest BCUT2D eigenvalue weighted by Crippen LogP contribution is 2.19. The Hall–Kier alpha value is -3.44. The normalized spacial score (nSPS) is 11.3. The Morgan fingerprint density at radius 1 is 1.04 bits per heavy atom. The Kier molecular flexibility index (Phi) is 4.91. The van der Waals surface area contributed by atoms with Crippen LogP contribution in [0.4, 0.5) is 0 Å². The summed E-state index contributed by atoms with van der Waals surface area (Å²) in [6.45, 7) is -0.00217. The van der Waals surface area contributed by atoms with E-state index >= 15 is 0 Å². The van der Waals surface area contributed by atoms with Crippen molar-refractivity contribution in [1.82, 2.24) is 9.55 Å². The van der Waals surface area contributed by atoms with Gasteiger partial charge in [0, 0.05) is 10.6 Å². The number of hydrogen-bond acceptors (Lipinski definition) is 4. The first-order valence-corrected chi connectivity index (χ1v) is 8.99. The van der Waals surface area contributed by atoms with Crippen LogP contribution >= 0.6 is 11.6 Å². The van der Waals surface area contributed by atoms with Crippen molar-refractivity contribution in [3.63, 3.8) is 0 Å². The first kappa shape index (κ1) is 17.9. The second-order valence-electron chi connectivity index (χ2n) is 6.15. The fourth-order valence-electron chi connectivity index (χ4n) is 2.91. The molecule has 0 saturated carbocycles. The molecule has 0 N–H and O–H groups in total. The predicted octanol–water partition coefficient (Wildman–Crippen LogP) is 5.06. The van der Waals surface area contributed by atoms with Gasteiger partial charge in [-0.25, -0.2) is 4.98 Å². The molecule has 4 aromatic rings. The van der Waals surface area contributed by atoms with Crippen LogP contribution in [-0.2, 0) is 6.54 Å². The number of ketones is 2. The fourth-order valence-corrected chi connectivity index (χ4v) is 3.04. The summed E-state index contributed by atoms with van der Waals surface area (Å²) in [6.07, 6.45) is 4.50. The van der Waals surface area contributed by atoms with Gasteiger partial charge in [-0.15, -0.1) is 0 Å². The van der Waals surface area contributed by atoms with Crippen LogP contribution in [0.1, 0.15) is 26.7 Å². The number of carbonyl (C=O) groups is 2. The van der Waals surface area contributed by atoms with E-state index in [4.69, 9.17) is 16.0 Å². The number of para-hydroxylation sites is 2. The van der Waals surface area contributed by atoms with Gasteiger partial charge in [0.2, 0.25) is 5.78 Å². The maximum absolute atomic E-state index is 12.8. The summed E-state index contributed by atoms with van der Waals surface area (Å²) in [5.74, 6) is 0.319. The van der Waals surface area contributed by atoms with Crippen molar-refractivity contribution in [3.05, 3.63) is 95.2 Å². The van der Waals surface area contributed by atoms with Gasteiger partial charge in [0.1, 0.15) is 5.76 Å². The third-order valence-corrected chi connectivity index (χ3v) is 4.54. The van der Waals surface area contributed by atoms with Gasteiger partial charge in [0.15, 0.2) is 11.6 Å². The Bertz CT molecular complexity index is 1170. The van der Waals surface area contributed by atoms with E-state index in [9.17, 15) is 9.59 Å². The largest absolute Gasteiger partial charge is 0.465 e. The summed E-state index contributed by atoms with van der Waals surface area (Å²) in [5.41, 5.74) is 1.90. The number of imidazole rings is 1. The fraction of sp³-hybridized carbons (Fsp3) is 0.0455. The highest BCUT2D eigenvalue weighted by molar-refractivity contribution is 6.30. The molecule has 4 rings (SSSR count). The standard InChI is InChI=1S/C22H15ClN2O3/c23-16-9-7-15(8-10-16)21(27)14-25-19-6-2-1-5-18(19)24-22(25)20(26)12-11-17-4-3-13-28-17/h1-13H,14H2. The summed E-state index contributed by atoms with van der Waals surface area (Å²) in [6, 6.07) is 17.5. The van der Waals surface area contributed by atoms with E-state index in [-0.39, 0.29) is 23.9 Å². The minimum absolute atomic E-state index is 0.00217. The number of carbonyl (C=O) groups excluding carboxylic acids is 2. The first-order valence-electron chi connectivity index (χ1n) is 8.62. The van der Waals surface area contributed by atoms with Crippen LogP contribution < -0.4 is 0 Å². The van der Waals surface area contributed by atoms with Crippen molar-refractivity contribution in [2.75, 3.05) is 0 Å². The van der Waals surface area contributed by atoms with Gasteiger partial charge in [0.05, 0.1) is 23.8 Å². The maximum atomic E-state index is 12.8. The topological polar surface area (TPSA) is 65.1 Å². The lowest BCUT2D eigenvalue weighted by molar-refractivity contribution is 0.0969. The minimum atomic E-state index is -0.309. The Labute approximate surface area is 165 Å². The average molecular weight is 391 g/mol. The molecule has 0 bridgehead atoms. The zero-order valence-corrected chi connectivity index (χ0v) is 15.5. The number of halogens is 1. The summed E-state index contributed by atoms with van der Waals surface area (Å²) < 4.78 is 6.85. The molecule has 0 aliphatic carbocycles. The third kappa shape index (κ3) is 3.66. The average Bonchev–Trinajstić information content (AvgIpc) is 3.35. The highest BCUT2D eigenvalue weighted by Gasteiger charge is 2.18. The van der Waals surface area contributed by atoms with E-state index in [0.717, 1.165) is 5.52 Å². The molecule has 2 aromatic carbocycles. The van der Waals surface area contributed by atoms with Gasteiger partial charge in [-0.3, -0.25) is 9.59 Å². The molecular weight excluding hydrogens is 376 g/mol. The Morgan fingerprint density at radius 3 is 2.57 bits per heavy atom. The van der Waals surface area contributed by atoms with Gasteiger partial charge >= 0.3 is 0 Å². The van der Waals surface area contributed by atoms with Gasteiger partial charge < -0.3 is 8.98 Å². The van der Waals surface area contributed by atoms with Crippen LogP contribution in [0.2, 0.25) is 5.02 Å². The van der Waals surface area contributed by atoms with Crippen LogP contribution in [0.15, 0.2) is 77.4 Å². The number of hydrogen-bond donors (Lipinski definition) is 0. The number of rotatable bonds is 6. The molecule has 0 fully saturated rings. The minimum Gasteiger partial charge on any atom is -0.465 e. The van der Waals surface area contributed by atoms with E-state index in [1.807, 2.05) is 24.3 Å². The third-order valence-electron chi connectivity index (χ3n) is 4.29. The number of allylic oxidation sites excluding steroid dienone is 1. The second-order valence-corrected chi connectivity index (χ2v) is 6.59. The molecule has 0 amide bonds. The van der Waals surface area contributed by atoms with Crippen molar-refractivity contribution < 1.29 is 14.0 Å². The quantitative estimate of drug-likeness (QED) is 0.341.